The van der Waals surface area contributed by atoms with Crippen LogP contribution in [-0.4, -0.2) is 33.3 Å². The van der Waals surface area contributed by atoms with Gasteiger partial charge in [-0.15, -0.1) is 0 Å². The Morgan fingerprint density at radius 2 is 1.75 bits per heavy atom. The highest BCUT2D eigenvalue weighted by molar-refractivity contribution is 9.10. The van der Waals surface area contributed by atoms with E-state index in [-0.39, 0.29) is 0 Å². The lowest BCUT2D eigenvalue weighted by Crippen LogP contribution is -2.27. The molecule has 0 radical (unpaired) electrons. The van der Waals surface area contributed by atoms with Crippen LogP contribution in [0.2, 0.25) is 0 Å². The number of esters is 2. The van der Waals surface area contributed by atoms with Crippen LogP contribution in [0.3, 0.4) is 0 Å². The van der Waals surface area contributed by atoms with Gasteiger partial charge in [-0.2, -0.15) is 0 Å². The molecule has 0 aliphatic carbocycles. The van der Waals surface area contributed by atoms with Crippen LogP contribution < -0.4 is 4.74 Å². The van der Waals surface area contributed by atoms with Crippen molar-refractivity contribution in [1.82, 2.24) is 0 Å². The number of carbonyl (C=O) groups excluding carboxylic acids is 2. The summed E-state index contributed by atoms with van der Waals surface area (Å²) < 4.78 is 15.3. The molecule has 0 fully saturated rings. The number of methoxy groups -OCH3 is 3. The summed E-state index contributed by atoms with van der Waals surface area (Å²) in [6, 6.07) is 5.54. The van der Waals surface area contributed by atoms with Crippen LogP contribution in [0, 0.1) is 5.92 Å². The molecule has 1 aromatic rings. The van der Waals surface area contributed by atoms with Gasteiger partial charge in [0.15, 0.2) is 5.92 Å². The van der Waals surface area contributed by atoms with Gasteiger partial charge >= 0.3 is 11.9 Å². The first-order valence-corrected chi connectivity index (χ1v) is 6.80. The molecule has 0 amide bonds. The summed E-state index contributed by atoms with van der Waals surface area (Å²) in [5, 5.41) is 0. The first-order valence-electron chi connectivity index (χ1n) is 6.01. The van der Waals surface area contributed by atoms with Crippen LogP contribution in [0.1, 0.15) is 12.0 Å². The molecule has 0 N–H and O–H groups in total. The molecule has 1 rings (SSSR count). The molecule has 0 aliphatic heterocycles. The minimum absolute atomic E-state index is 0.311. The zero-order chi connectivity index (χ0) is 15.1. The van der Waals surface area contributed by atoms with Gasteiger partial charge in [0.2, 0.25) is 0 Å². The third kappa shape index (κ3) is 4.23. The van der Waals surface area contributed by atoms with Gasteiger partial charge in [0.25, 0.3) is 0 Å². The fraction of sp³-hybridized carbons (Fsp3) is 0.429. The number of rotatable bonds is 6. The van der Waals surface area contributed by atoms with E-state index in [1.165, 1.54) is 14.2 Å². The molecule has 0 unspecified atom stereocenters. The van der Waals surface area contributed by atoms with Gasteiger partial charge in [-0.3, -0.25) is 9.59 Å². The quantitative estimate of drug-likeness (QED) is 0.585. The summed E-state index contributed by atoms with van der Waals surface area (Å²) in [7, 11) is 4.08. The molecule has 110 valence electrons. The molecule has 0 aliphatic rings. The minimum Gasteiger partial charge on any atom is -0.497 e. The number of benzene rings is 1. The SMILES string of the molecule is COC(=O)C(CCc1cc(OC)ccc1Br)C(=O)OC. The summed E-state index contributed by atoms with van der Waals surface area (Å²) >= 11 is 3.43. The molecule has 0 spiro atoms. The zero-order valence-corrected chi connectivity index (χ0v) is 13.2. The molecule has 6 heteroatoms. The molecule has 0 saturated heterocycles. The number of hydrogen-bond acceptors (Lipinski definition) is 5. The highest BCUT2D eigenvalue weighted by atomic mass is 79.9. The van der Waals surface area contributed by atoms with E-state index in [2.05, 4.69) is 25.4 Å². The Morgan fingerprint density at radius 1 is 1.15 bits per heavy atom. The predicted molar refractivity (Wildman–Crippen MR) is 76.5 cm³/mol. The van der Waals surface area contributed by atoms with E-state index in [1.54, 1.807) is 7.11 Å². The molecule has 0 heterocycles. The summed E-state index contributed by atoms with van der Waals surface area (Å²) in [6.07, 6.45) is 0.831. The Labute approximate surface area is 126 Å². The van der Waals surface area contributed by atoms with Crippen LogP contribution in [0.5, 0.6) is 5.75 Å². The van der Waals surface area contributed by atoms with Gasteiger partial charge in [-0.1, -0.05) is 15.9 Å². The van der Waals surface area contributed by atoms with E-state index >= 15 is 0 Å². The Bertz CT molecular complexity index is 470. The molecule has 0 atom stereocenters. The van der Waals surface area contributed by atoms with Gasteiger partial charge < -0.3 is 14.2 Å². The summed E-state index contributed by atoms with van der Waals surface area (Å²) in [6.45, 7) is 0. The number of halogens is 1. The second-order valence-corrected chi connectivity index (χ2v) is 4.95. The van der Waals surface area contributed by atoms with Crippen molar-refractivity contribution in [3.8, 4) is 5.75 Å². The molecular weight excluding hydrogens is 328 g/mol. The monoisotopic (exact) mass is 344 g/mol. The predicted octanol–water partition coefficient (Wildman–Crippen LogP) is 2.35. The van der Waals surface area contributed by atoms with Crippen LogP contribution >= 0.6 is 15.9 Å². The van der Waals surface area contributed by atoms with Crippen molar-refractivity contribution in [2.75, 3.05) is 21.3 Å². The Kier molecular flexibility index (Phi) is 6.51. The van der Waals surface area contributed by atoms with E-state index in [0.717, 1.165) is 15.8 Å². The molecule has 1 aromatic carbocycles. The van der Waals surface area contributed by atoms with E-state index in [4.69, 9.17) is 4.74 Å². The smallest absolute Gasteiger partial charge is 0.320 e. The van der Waals surface area contributed by atoms with Crippen molar-refractivity contribution < 1.29 is 23.8 Å². The van der Waals surface area contributed by atoms with E-state index in [1.807, 2.05) is 18.2 Å². The maximum absolute atomic E-state index is 11.6. The topological polar surface area (TPSA) is 61.8 Å². The minimum atomic E-state index is -0.914. The van der Waals surface area contributed by atoms with Gasteiger partial charge in [-0.05, 0) is 36.6 Å². The van der Waals surface area contributed by atoms with Crippen LogP contribution in [0.25, 0.3) is 0 Å². The van der Waals surface area contributed by atoms with E-state index in [9.17, 15) is 9.59 Å². The van der Waals surface area contributed by atoms with Gasteiger partial charge in [0, 0.05) is 4.47 Å². The molecule has 0 saturated carbocycles. The zero-order valence-electron chi connectivity index (χ0n) is 11.6. The Balaban J connectivity index is 2.81. The molecule has 0 aromatic heterocycles. The molecule has 0 bridgehead atoms. The molecule has 5 nitrogen and oxygen atoms in total. The molecule has 20 heavy (non-hydrogen) atoms. The van der Waals surface area contributed by atoms with Gasteiger partial charge in [0.1, 0.15) is 5.75 Å². The lowest BCUT2D eigenvalue weighted by molar-refractivity contribution is -0.159. The van der Waals surface area contributed by atoms with E-state index < -0.39 is 17.9 Å². The van der Waals surface area contributed by atoms with Crippen molar-refractivity contribution in [2.45, 2.75) is 12.8 Å². The third-order valence-corrected chi connectivity index (χ3v) is 3.70. The number of aryl methyl sites for hydroxylation is 1. The van der Waals surface area contributed by atoms with Crippen molar-refractivity contribution in [1.29, 1.82) is 0 Å². The lowest BCUT2D eigenvalue weighted by atomic mass is 9.99. The average molecular weight is 345 g/mol. The van der Waals surface area contributed by atoms with Crippen LogP contribution in [0.4, 0.5) is 0 Å². The number of carbonyl (C=O) groups is 2. The number of ether oxygens (including phenoxy) is 3. The lowest BCUT2D eigenvalue weighted by Gasteiger charge is -2.13. The van der Waals surface area contributed by atoms with Crippen molar-refractivity contribution in [2.24, 2.45) is 5.92 Å². The van der Waals surface area contributed by atoms with Gasteiger partial charge in [-0.25, -0.2) is 0 Å². The number of hydrogen-bond donors (Lipinski definition) is 0. The normalized spacial score (nSPS) is 10.2. The first kappa shape index (κ1) is 16.5. The van der Waals surface area contributed by atoms with Crippen molar-refractivity contribution in [3.05, 3.63) is 28.2 Å². The third-order valence-electron chi connectivity index (χ3n) is 2.93. The second-order valence-electron chi connectivity index (χ2n) is 4.09. The summed E-state index contributed by atoms with van der Waals surface area (Å²) in [4.78, 5) is 23.2. The fourth-order valence-corrected chi connectivity index (χ4v) is 2.23. The average Bonchev–Trinajstić information content (AvgIpc) is 2.48. The Hall–Kier alpha value is -1.56. The van der Waals surface area contributed by atoms with Gasteiger partial charge in [0.05, 0.1) is 21.3 Å². The fourth-order valence-electron chi connectivity index (χ4n) is 1.79. The van der Waals surface area contributed by atoms with Crippen molar-refractivity contribution >= 4 is 27.9 Å². The summed E-state index contributed by atoms with van der Waals surface area (Å²) in [5.41, 5.74) is 0.946. The van der Waals surface area contributed by atoms with E-state index in [0.29, 0.717) is 12.8 Å². The van der Waals surface area contributed by atoms with Crippen LogP contribution in [-0.2, 0) is 25.5 Å². The maximum atomic E-state index is 11.6. The summed E-state index contributed by atoms with van der Waals surface area (Å²) in [5.74, 6) is -1.37. The van der Waals surface area contributed by atoms with Crippen LogP contribution in [0.15, 0.2) is 22.7 Å². The Morgan fingerprint density at radius 3 is 2.25 bits per heavy atom. The van der Waals surface area contributed by atoms with Crippen molar-refractivity contribution in [3.63, 3.8) is 0 Å². The highest BCUT2D eigenvalue weighted by Crippen LogP contribution is 2.25. The first-order chi connectivity index (χ1) is 9.53. The highest BCUT2D eigenvalue weighted by Gasteiger charge is 2.28. The largest absolute Gasteiger partial charge is 0.497 e. The maximum Gasteiger partial charge on any atom is 0.320 e. The molecular formula is C14H17BrO5. The standard InChI is InChI=1S/C14H17BrO5/c1-18-10-5-7-12(15)9(8-10)4-6-11(13(16)19-2)14(17)20-3/h5,7-8,11H,4,6H2,1-3H3. The second kappa shape index (κ2) is 7.89.